The van der Waals surface area contributed by atoms with Gasteiger partial charge in [-0.3, -0.25) is 14.7 Å². The molecular weight excluding hydrogens is 176 g/mol. The van der Waals surface area contributed by atoms with Crippen LogP contribution in [0.4, 0.5) is 11.4 Å². The molecule has 0 spiro atoms. The van der Waals surface area contributed by atoms with E-state index in [0.717, 1.165) is 16.9 Å². The van der Waals surface area contributed by atoms with Crippen LogP contribution in [0.15, 0.2) is 35.5 Å². The maximum Gasteiger partial charge on any atom is 0.235 e. The van der Waals surface area contributed by atoms with E-state index < -0.39 is 0 Å². The van der Waals surface area contributed by atoms with Crippen molar-refractivity contribution in [1.29, 1.82) is 0 Å². The van der Waals surface area contributed by atoms with E-state index in [2.05, 4.69) is 4.99 Å². The van der Waals surface area contributed by atoms with Crippen LogP contribution in [0.5, 0.6) is 0 Å². The van der Waals surface area contributed by atoms with Crippen LogP contribution in [-0.4, -0.2) is 12.1 Å². The van der Waals surface area contributed by atoms with E-state index in [1.165, 1.54) is 0 Å². The molecule has 3 rings (SSSR count). The minimum atomic E-state index is 0.120. The number of benzene rings is 1. The van der Waals surface area contributed by atoms with Gasteiger partial charge < -0.3 is 0 Å². The SMILES string of the molecule is O=C1Cc2cccc3c2N1C=CC=N3. The molecule has 2 heterocycles. The highest BCUT2D eigenvalue weighted by Gasteiger charge is 2.28. The Morgan fingerprint density at radius 3 is 3.21 bits per heavy atom. The number of para-hydroxylation sites is 1. The first kappa shape index (κ1) is 7.50. The Labute approximate surface area is 81.4 Å². The summed E-state index contributed by atoms with van der Waals surface area (Å²) < 4.78 is 0. The number of aliphatic imine (C=N–C) groups is 1. The molecule has 1 aromatic carbocycles. The largest absolute Gasteiger partial charge is 0.285 e. The summed E-state index contributed by atoms with van der Waals surface area (Å²) in [6.45, 7) is 0. The molecule has 0 unspecified atom stereocenters. The van der Waals surface area contributed by atoms with Crippen molar-refractivity contribution in [2.45, 2.75) is 6.42 Å². The molecule has 14 heavy (non-hydrogen) atoms. The molecule has 1 aromatic rings. The van der Waals surface area contributed by atoms with E-state index in [0.29, 0.717) is 6.42 Å². The second kappa shape index (κ2) is 2.54. The lowest BCUT2D eigenvalue weighted by Gasteiger charge is -2.11. The number of rotatable bonds is 0. The number of allylic oxidation sites excluding steroid dienone is 1. The summed E-state index contributed by atoms with van der Waals surface area (Å²) in [6, 6.07) is 5.84. The van der Waals surface area contributed by atoms with Crippen LogP contribution in [0.1, 0.15) is 5.56 Å². The maximum absolute atomic E-state index is 11.6. The van der Waals surface area contributed by atoms with E-state index in [1.807, 2.05) is 18.2 Å². The van der Waals surface area contributed by atoms with Crippen molar-refractivity contribution in [3.05, 3.63) is 36.0 Å². The average molecular weight is 184 g/mol. The van der Waals surface area contributed by atoms with Crippen LogP contribution in [-0.2, 0) is 11.2 Å². The Bertz CT molecular complexity index is 474. The molecule has 3 heteroatoms. The highest BCUT2D eigenvalue weighted by Crippen LogP contribution is 2.38. The molecule has 0 fully saturated rings. The molecule has 3 nitrogen and oxygen atoms in total. The third-order valence-corrected chi connectivity index (χ3v) is 2.48. The number of hydrogen-bond donors (Lipinski definition) is 0. The normalized spacial score (nSPS) is 17.1. The summed E-state index contributed by atoms with van der Waals surface area (Å²) in [6.07, 6.45) is 5.76. The van der Waals surface area contributed by atoms with Gasteiger partial charge in [-0.1, -0.05) is 12.1 Å². The molecule has 0 N–H and O–H groups in total. The Morgan fingerprint density at radius 1 is 1.36 bits per heavy atom. The van der Waals surface area contributed by atoms with Gasteiger partial charge in [0.2, 0.25) is 5.91 Å². The first-order valence-electron chi connectivity index (χ1n) is 4.51. The molecule has 2 aliphatic heterocycles. The van der Waals surface area contributed by atoms with Crippen LogP contribution in [0.2, 0.25) is 0 Å². The van der Waals surface area contributed by atoms with Gasteiger partial charge in [-0.05, 0) is 17.7 Å². The van der Waals surface area contributed by atoms with Crippen molar-refractivity contribution in [3.63, 3.8) is 0 Å². The number of carbonyl (C=O) groups is 1. The Hall–Kier alpha value is -1.90. The summed E-state index contributed by atoms with van der Waals surface area (Å²) in [7, 11) is 0. The summed E-state index contributed by atoms with van der Waals surface area (Å²) >= 11 is 0. The molecule has 0 atom stereocenters. The van der Waals surface area contributed by atoms with Crippen LogP contribution < -0.4 is 4.90 Å². The van der Waals surface area contributed by atoms with Gasteiger partial charge in [0.1, 0.15) is 0 Å². The Morgan fingerprint density at radius 2 is 2.29 bits per heavy atom. The highest BCUT2D eigenvalue weighted by atomic mass is 16.2. The number of anilines is 1. The van der Waals surface area contributed by atoms with Crippen LogP contribution in [0.3, 0.4) is 0 Å². The molecule has 0 bridgehead atoms. The van der Waals surface area contributed by atoms with Crippen molar-refractivity contribution >= 4 is 23.5 Å². The van der Waals surface area contributed by atoms with Gasteiger partial charge in [0.25, 0.3) is 0 Å². The van der Waals surface area contributed by atoms with E-state index in [-0.39, 0.29) is 5.91 Å². The smallest absolute Gasteiger partial charge is 0.235 e. The zero-order valence-electron chi connectivity index (χ0n) is 7.47. The van der Waals surface area contributed by atoms with Gasteiger partial charge in [0.05, 0.1) is 17.8 Å². The number of hydrogen-bond acceptors (Lipinski definition) is 2. The number of amides is 1. The van der Waals surface area contributed by atoms with Crippen molar-refractivity contribution in [1.82, 2.24) is 0 Å². The molecule has 0 saturated heterocycles. The fourth-order valence-electron chi connectivity index (χ4n) is 1.88. The predicted octanol–water partition coefficient (Wildman–Crippen LogP) is 1.81. The topological polar surface area (TPSA) is 32.7 Å². The quantitative estimate of drug-likeness (QED) is 0.605. The monoisotopic (exact) mass is 184 g/mol. The van der Waals surface area contributed by atoms with E-state index in [1.54, 1.807) is 23.4 Å². The van der Waals surface area contributed by atoms with E-state index in [4.69, 9.17) is 0 Å². The molecule has 0 aliphatic carbocycles. The minimum absolute atomic E-state index is 0.120. The maximum atomic E-state index is 11.6. The van der Waals surface area contributed by atoms with Gasteiger partial charge in [0, 0.05) is 12.4 Å². The van der Waals surface area contributed by atoms with Crippen LogP contribution >= 0.6 is 0 Å². The van der Waals surface area contributed by atoms with Gasteiger partial charge >= 0.3 is 0 Å². The van der Waals surface area contributed by atoms with E-state index in [9.17, 15) is 4.79 Å². The third kappa shape index (κ3) is 0.865. The molecule has 68 valence electrons. The lowest BCUT2D eigenvalue weighted by atomic mass is 10.1. The van der Waals surface area contributed by atoms with Gasteiger partial charge in [-0.2, -0.15) is 0 Å². The zero-order chi connectivity index (χ0) is 9.54. The Balaban J connectivity index is 2.33. The van der Waals surface area contributed by atoms with Gasteiger partial charge in [-0.25, -0.2) is 0 Å². The highest BCUT2D eigenvalue weighted by molar-refractivity contribution is 6.07. The van der Waals surface area contributed by atoms with Crippen molar-refractivity contribution < 1.29 is 4.79 Å². The minimum Gasteiger partial charge on any atom is -0.285 e. The fraction of sp³-hybridized carbons (Fsp3) is 0.0909. The van der Waals surface area contributed by atoms with Gasteiger partial charge in [-0.15, -0.1) is 0 Å². The fourth-order valence-corrected chi connectivity index (χ4v) is 1.88. The lowest BCUT2D eigenvalue weighted by Crippen LogP contribution is -2.19. The van der Waals surface area contributed by atoms with Crippen molar-refractivity contribution in [3.8, 4) is 0 Å². The lowest BCUT2D eigenvalue weighted by molar-refractivity contribution is -0.116. The zero-order valence-corrected chi connectivity index (χ0v) is 7.47. The average Bonchev–Trinajstić information content (AvgIpc) is 2.39. The van der Waals surface area contributed by atoms with Crippen molar-refractivity contribution in [2.24, 2.45) is 4.99 Å². The summed E-state index contributed by atoms with van der Waals surface area (Å²) in [5, 5.41) is 0. The summed E-state index contributed by atoms with van der Waals surface area (Å²) in [5.41, 5.74) is 2.89. The standard InChI is InChI=1S/C11H8N2O/c14-10-7-8-3-1-4-9-11(8)13(10)6-2-5-12-9/h1-6H,7H2. The summed E-state index contributed by atoms with van der Waals surface area (Å²) in [5.74, 6) is 0.120. The first-order chi connectivity index (χ1) is 6.86. The summed E-state index contributed by atoms with van der Waals surface area (Å²) in [4.78, 5) is 17.6. The third-order valence-electron chi connectivity index (χ3n) is 2.48. The molecule has 1 amide bonds. The predicted molar refractivity (Wildman–Crippen MR) is 54.9 cm³/mol. The van der Waals surface area contributed by atoms with Crippen LogP contribution in [0, 0.1) is 0 Å². The molecule has 0 saturated carbocycles. The second-order valence-electron chi connectivity index (χ2n) is 3.35. The van der Waals surface area contributed by atoms with E-state index >= 15 is 0 Å². The van der Waals surface area contributed by atoms with Gasteiger partial charge in [0.15, 0.2) is 0 Å². The Kier molecular flexibility index (Phi) is 1.36. The molecule has 0 aromatic heterocycles. The van der Waals surface area contributed by atoms with Crippen LogP contribution in [0.25, 0.3) is 0 Å². The second-order valence-corrected chi connectivity index (χ2v) is 3.35. The molecule has 2 aliphatic rings. The number of carbonyl (C=O) groups excluding carboxylic acids is 1. The molecular formula is C11H8N2O. The first-order valence-corrected chi connectivity index (χ1v) is 4.51. The number of nitrogens with zero attached hydrogens (tertiary/aromatic N) is 2. The van der Waals surface area contributed by atoms with Crippen molar-refractivity contribution in [2.75, 3.05) is 4.90 Å². The molecule has 0 radical (unpaired) electrons.